The van der Waals surface area contributed by atoms with E-state index < -0.39 is 0 Å². The number of benzene rings is 1. The number of hydrogen-bond donors (Lipinski definition) is 1. The summed E-state index contributed by atoms with van der Waals surface area (Å²) < 4.78 is 16.5. The molecule has 0 radical (unpaired) electrons. The van der Waals surface area contributed by atoms with Crippen molar-refractivity contribution in [3.8, 4) is 11.5 Å². The number of methoxy groups -OCH3 is 1. The number of unbranched alkanes of at least 4 members (excludes halogenated alkanes) is 2. The van der Waals surface area contributed by atoms with Gasteiger partial charge in [0.1, 0.15) is 5.00 Å². The third-order valence-corrected chi connectivity index (χ3v) is 6.47. The lowest BCUT2D eigenvalue weighted by Gasteiger charge is -2.11. The zero-order chi connectivity index (χ0) is 22.9. The van der Waals surface area contributed by atoms with Crippen LogP contribution < -0.4 is 14.8 Å². The summed E-state index contributed by atoms with van der Waals surface area (Å²) in [5.41, 5.74) is 2.35. The van der Waals surface area contributed by atoms with Gasteiger partial charge in [-0.05, 0) is 61.9 Å². The summed E-state index contributed by atoms with van der Waals surface area (Å²) in [5.74, 6) is 0.653. The molecule has 1 aromatic heterocycles. The van der Waals surface area contributed by atoms with Crippen LogP contribution in [-0.2, 0) is 22.4 Å². The first-order valence-electron chi connectivity index (χ1n) is 11.2. The van der Waals surface area contributed by atoms with E-state index in [-0.39, 0.29) is 11.9 Å². The number of thiophene rings is 1. The molecule has 0 spiro atoms. The van der Waals surface area contributed by atoms with Crippen LogP contribution in [0.4, 0.5) is 5.00 Å². The van der Waals surface area contributed by atoms with Crippen LogP contribution in [0.2, 0.25) is 0 Å². The summed E-state index contributed by atoms with van der Waals surface area (Å²) in [4.78, 5) is 26.2. The third kappa shape index (κ3) is 5.91. The van der Waals surface area contributed by atoms with Crippen molar-refractivity contribution < 1.29 is 23.8 Å². The lowest BCUT2D eigenvalue weighted by atomic mass is 10.1. The van der Waals surface area contributed by atoms with Crippen LogP contribution in [-0.4, -0.2) is 32.2 Å². The standard InChI is InChI=1S/C25H31NO5S/c1-4-6-7-15-31-19-13-11-17(16-20(19)29-3)12-14-22(27)26-24-23(25(28)30-5-2)18-9-8-10-21(18)32-24/h11-14,16H,4-10,15H2,1-3H3,(H,26,27)/b14-12-. The van der Waals surface area contributed by atoms with Gasteiger partial charge in [-0.15, -0.1) is 11.3 Å². The number of esters is 1. The van der Waals surface area contributed by atoms with Gasteiger partial charge in [0.15, 0.2) is 11.5 Å². The third-order valence-electron chi connectivity index (χ3n) is 5.26. The van der Waals surface area contributed by atoms with Gasteiger partial charge < -0.3 is 19.5 Å². The molecule has 1 aromatic carbocycles. The first-order valence-corrected chi connectivity index (χ1v) is 12.0. The molecule has 7 heteroatoms. The number of rotatable bonds is 11. The van der Waals surface area contributed by atoms with E-state index in [0.29, 0.717) is 35.3 Å². The molecule has 1 N–H and O–H groups in total. The summed E-state index contributed by atoms with van der Waals surface area (Å²) in [7, 11) is 1.60. The van der Waals surface area contributed by atoms with Crippen LogP contribution in [0.15, 0.2) is 24.3 Å². The molecule has 0 bridgehead atoms. The monoisotopic (exact) mass is 457 g/mol. The molecule has 172 valence electrons. The van der Waals surface area contributed by atoms with Gasteiger partial charge in [-0.3, -0.25) is 4.79 Å². The Kier molecular flexibility index (Phi) is 8.73. The Hall–Kier alpha value is -2.80. The number of nitrogens with one attached hydrogen (secondary N) is 1. The van der Waals surface area contributed by atoms with Crippen molar-refractivity contribution in [1.82, 2.24) is 0 Å². The highest BCUT2D eigenvalue weighted by molar-refractivity contribution is 7.17. The Morgan fingerprint density at radius 3 is 2.75 bits per heavy atom. The van der Waals surface area contributed by atoms with E-state index in [1.807, 2.05) is 18.2 Å². The molecule has 32 heavy (non-hydrogen) atoms. The molecule has 0 fully saturated rings. The fourth-order valence-electron chi connectivity index (χ4n) is 3.68. The second kappa shape index (κ2) is 11.7. The van der Waals surface area contributed by atoms with Gasteiger partial charge in [0.2, 0.25) is 5.91 Å². The minimum Gasteiger partial charge on any atom is -0.493 e. The largest absolute Gasteiger partial charge is 0.493 e. The minimum absolute atomic E-state index is 0.297. The fraction of sp³-hybridized carbons (Fsp3) is 0.440. The maximum absolute atomic E-state index is 12.6. The maximum Gasteiger partial charge on any atom is 0.341 e. The second-order valence-corrected chi connectivity index (χ2v) is 8.68. The Morgan fingerprint density at radius 2 is 2.00 bits per heavy atom. The molecule has 1 amide bonds. The van der Waals surface area contributed by atoms with Crippen LogP contribution in [0.25, 0.3) is 6.08 Å². The number of fused-ring (bicyclic) bond motifs is 1. The molecule has 0 saturated carbocycles. The summed E-state index contributed by atoms with van der Waals surface area (Å²) in [6, 6.07) is 5.57. The summed E-state index contributed by atoms with van der Waals surface area (Å²) in [5, 5.41) is 3.43. The van der Waals surface area contributed by atoms with E-state index >= 15 is 0 Å². The van der Waals surface area contributed by atoms with E-state index in [4.69, 9.17) is 14.2 Å². The van der Waals surface area contributed by atoms with Gasteiger partial charge in [0, 0.05) is 11.0 Å². The average molecular weight is 458 g/mol. The van der Waals surface area contributed by atoms with Crippen molar-refractivity contribution in [2.24, 2.45) is 0 Å². The Morgan fingerprint density at radius 1 is 1.16 bits per heavy atom. The highest BCUT2D eigenvalue weighted by Crippen LogP contribution is 2.39. The van der Waals surface area contributed by atoms with E-state index in [9.17, 15) is 9.59 Å². The van der Waals surface area contributed by atoms with Crippen molar-refractivity contribution in [1.29, 1.82) is 0 Å². The highest BCUT2D eigenvalue weighted by atomic mass is 32.1. The quantitative estimate of drug-likeness (QED) is 0.268. The van der Waals surface area contributed by atoms with Crippen molar-refractivity contribution in [3.05, 3.63) is 45.8 Å². The second-order valence-electron chi connectivity index (χ2n) is 7.57. The zero-order valence-electron chi connectivity index (χ0n) is 19.0. The summed E-state index contributed by atoms with van der Waals surface area (Å²) in [6.07, 6.45) is 9.25. The van der Waals surface area contributed by atoms with Gasteiger partial charge in [-0.1, -0.05) is 25.8 Å². The Bertz CT molecular complexity index is 979. The van der Waals surface area contributed by atoms with Crippen molar-refractivity contribution in [2.45, 2.75) is 52.4 Å². The summed E-state index contributed by atoms with van der Waals surface area (Å²) >= 11 is 1.47. The van der Waals surface area contributed by atoms with E-state index in [1.54, 1.807) is 20.1 Å². The Balaban J connectivity index is 1.68. The van der Waals surface area contributed by atoms with Gasteiger partial charge in [0.05, 0.1) is 25.9 Å². The van der Waals surface area contributed by atoms with Crippen molar-refractivity contribution >= 4 is 34.3 Å². The van der Waals surface area contributed by atoms with Crippen LogP contribution in [0, 0.1) is 0 Å². The molecule has 0 atom stereocenters. The number of aryl methyl sites for hydroxylation is 1. The van der Waals surface area contributed by atoms with Crippen molar-refractivity contribution in [3.63, 3.8) is 0 Å². The number of carbonyl (C=O) groups excluding carboxylic acids is 2. The van der Waals surface area contributed by atoms with E-state index in [1.165, 1.54) is 17.4 Å². The predicted octanol–water partition coefficient (Wildman–Crippen LogP) is 5.64. The van der Waals surface area contributed by atoms with E-state index in [0.717, 1.165) is 54.5 Å². The number of anilines is 1. The van der Waals surface area contributed by atoms with Crippen LogP contribution in [0.5, 0.6) is 11.5 Å². The SMILES string of the molecule is CCCCCOc1ccc(/C=C\C(=O)Nc2sc3c(c2C(=O)OCC)CCC3)cc1OC. The predicted molar refractivity (Wildman–Crippen MR) is 128 cm³/mol. The van der Waals surface area contributed by atoms with Crippen LogP contribution in [0.3, 0.4) is 0 Å². The molecule has 1 aliphatic rings. The molecule has 0 saturated heterocycles. The molecule has 3 rings (SSSR count). The first kappa shape index (κ1) is 23.9. The molecule has 2 aromatic rings. The fourth-order valence-corrected chi connectivity index (χ4v) is 4.96. The molecule has 0 aliphatic heterocycles. The zero-order valence-corrected chi connectivity index (χ0v) is 19.8. The van der Waals surface area contributed by atoms with Gasteiger partial charge in [-0.25, -0.2) is 4.79 Å². The number of amides is 1. The van der Waals surface area contributed by atoms with Gasteiger partial charge in [0.25, 0.3) is 0 Å². The molecule has 0 unspecified atom stereocenters. The van der Waals surface area contributed by atoms with Crippen LogP contribution in [0.1, 0.15) is 65.9 Å². The average Bonchev–Trinajstić information content (AvgIpc) is 3.36. The maximum atomic E-state index is 12.6. The Labute approximate surface area is 193 Å². The number of ether oxygens (including phenoxy) is 3. The smallest absolute Gasteiger partial charge is 0.341 e. The molecule has 1 heterocycles. The molecule has 6 nitrogen and oxygen atoms in total. The normalized spacial score (nSPS) is 12.6. The van der Waals surface area contributed by atoms with Gasteiger partial charge in [-0.2, -0.15) is 0 Å². The number of hydrogen-bond acceptors (Lipinski definition) is 6. The molecular formula is C25H31NO5S. The topological polar surface area (TPSA) is 73.9 Å². The molecule has 1 aliphatic carbocycles. The first-order chi connectivity index (χ1) is 15.6. The lowest BCUT2D eigenvalue weighted by molar-refractivity contribution is -0.111. The minimum atomic E-state index is -0.370. The van der Waals surface area contributed by atoms with Crippen molar-refractivity contribution in [2.75, 3.05) is 25.6 Å². The molecular weight excluding hydrogens is 426 g/mol. The lowest BCUT2D eigenvalue weighted by Crippen LogP contribution is -2.13. The highest BCUT2D eigenvalue weighted by Gasteiger charge is 2.28. The number of carbonyl (C=O) groups is 2. The van der Waals surface area contributed by atoms with Gasteiger partial charge >= 0.3 is 5.97 Å². The van der Waals surface area contributed by atoms with E-state index in [2.05, 4.69) is 12.2 Å². The van der Waals surface area contributed by atoms with Crippen LogP contribution >= 0.6 is 11.3 Å². The summed E-state index contributed by atoms with van der Waals surface area (Å²) in [6.45, 7) is 4.88.